The first-order valence-electron chi connectivity index (χ1n) is 6.66. The molecular weight excluding hydrogens is 358 g/mol. The smallest absolute Gasteiger partial charge is 0.241 e. The summed E-state index contributed by atoms with van der Waals surface area (Å²) in [5, 5.41) is 0. The van der Waals surface area contributed by atoms with Gasteiger partial charge >= 0.3 is 0 Å². The van der Waals surface area contributed by atoms with Crippen LogP contribution in [0.4, 0.5) is 0 Å². The van der Waals surface area contributed by atoms with Gasteiger partial charge in [-0.15, -0.1) is 0 Å². The van der Waals surface area contributed by atoms with E-state index in [9.17, 15) is 13.2 Å². The molecule has 0 radical (unpaired) electrons. The van der Waals surface area contributed by atoms with Crippen LogP contribution in [0.5, 0.6) is 0 Å². The van der Waals surface area contributed by atoms with Crippen LogP contribution in [-0.2, 0) is 14.8 Å². The molecule has 8 heteroatoms. The maximum atomic E-state index is 12.4. The molecule has 0 unspecified atom stereocenters. The fourth-order valence-electron chi connectivity index (χ4n) is 2.37. The number of hydrogen-bond acceptors (Lipinski definition) is 4. The van der Waals surface area contributed by atoms with E-state index in [0.29, 0.717) is 30.4 Å². The number of sulfonamides is 1. The minimum Gasteiger partial charge on any atom is -0.369 e. The highest BCUT2D eigenvalue weighted by molar-refractivity contribution is 9.10. The van der Waals surface area contributed by atoms with Crippen LogP contribution >= 0.6 is 15.9 Å². The van der Waals surface area contributed by atoms with Gasteiger partial charge in [0.1, 0.15) is 0 Å². The number of nitrogens with two attached hydrogens (primary N) is 1. The Balaban J connectivity index is 1.97. The summed E-state index contributed by atoms with van der Waals surface area (Å²) >= 11 is 3.25. The van der Waals surface area contributed by atoms with E-state index in [1.165, 1.54) is 0 Å². The lowest BCUT2D eigenvalue weighted by molar-refractivity contribution is -0.119. The lowest BCUT2D eigenvalue weighted by Gasteiger charge is -2.31. The van der Waals surface area contributed by atoms with E-state index >= 15 is 0 Å². The van der Waals surface area contributed by atoms with Gasteiger partial charge in [0.2, 0.25) is 15.9 Å². The number of primary amides is 1. The van der Waals surface area contributed by atoms with Gasteiger partial charge in [0.05, 0.1) is 11.4 Å². The summed E-state index contributed by atoms with van der Waals surface area (Å²) < 4.78 is 28.0. The Kier molecular flexibility index (Phi) is 5.37. The SMILES string of the molecule is NC(=O)CN1CCC(NS(=O)(=O)c2ccccc2Br)CC1. The normalized spacial score (nSPS) is 17.8. The van der Waals surface area contributed by atoms with Gasteiger partial charge in [0.15, 0.2) is 0 Å². The van der Waals surface area contributed by atoms with Crippen LogP contribution in [0.2, 0.25) is 0 Å². The second-order valence-electron chi connectivity index (χ2n) is 5.07. The fourth-order valence-corrected chi connectivity index (χ4v) is 4.68. The fraction of sp³-hybridized carbons (Fsp3) is 0.462. The summed E-state index contributed by atoms with van der Waals surface area (Å²) in [5.41, 5.74) is 5.16. The van der Waals surface area contributed by atoms with Crippen LogP contribution < -0.4 is 10.5 Å². The second kappa shape index (κ2) is 6.87. The van der Waals surface area contributed by atoms with Crippen molar-refractivity contribution in [1.29, 1.82) is 0 Å². The number of hydrogen-bond donors (Lipinski definition) is 2. The van der Waals surface area contributed by atoms with Crippen LogP contribution in [0.3, 0.4) is 0 Å². The molecule has 1 heterocycles. The van der Waals surface area contributed by atoms with Crippen molar-refractivity contribution >= 4 is 31.9 Å². The number of carbonyl (C=O) groups excluding carboxylic acids is 1. The number of nitrogens with zero attached hydrogens (tertiary/aromatic N) is 1. The standard InChI is InChI=1S/C13H18BrN3O3S/c14-11-3-1-2-4-12(11)21(19,20)16-10-5-7-17(8-6-10)9-13(15)18/h1-4,10,16H,5-9H2,(H2,15,18). The summed E-state index contributed by atoms with van der Waals surface area (Å²) in [6.07, 6.45) is 1.33. The number of carbonyl (C=O) groups is 1. The zero-order valence-electron chi connectivity index (χ0n) is 11.5. The molecule has 1 aliphatic heterocycles. The molecule has 6 nitrogen and oxygen atoms in total. The molecule has 1 aromatic rings. The minimum atomic E-state index is -3.54. The molecule has 0 atom stereocenters. The third kappa shape index (κ3) is 4.50. The maximum absolute atomic E-state index is 12.4. The Morgan fingerprint density at radius 2 is 1.95 bits per heavy atom. The molecule has 0 aromatic heterocycles. The van der Waals surface area contributed by atoms with Crippen LogP contribution in [0.25, 0.3) is 0 Å². The van der Waals surface area contributed by atoms with Gasteiger partial charge in [-0.05, 0) is 40.9 Å². The van der Waals surface area contributed by atoms with Crippen molar-refractivity contribution in [2.75, 3.05) is 19.6 Å². The quantitative estimate of drug-likeness (QED) is 0.791. The first-order chi connectivity index (χ1) is 9.88. The van der Waals surface area contributed by atoms with Crippen molar-refractivity contribution in [3.63, 3.8) is 0 Å². The summed E-state index contributed by atoms with van der Waals surface area (Å²) in [4.78, 5) is 13.0. The average Bonchev–Trinajstić information content (AvgIpc) is 2.40. The molecule has 116 valence electrons. The van der Waals surface area contributed by atoms with E-state index < -0.39 is 10.0 Å². The van der Waals surface area contributed by atoms with Crippen LogP contribution in [0.1, 0.15) is 12.8 Å². The van der Waals surface area contributed by atoms with Gasteiger partial charge in [-0.1, -0.05) is 12.1 Å². The molecule has 1 fully saturated rings. The minimum absolute atomic E-state index is 0.119. The third-order valence-electron chi connectivity index (χ3n) is 3.42. The average molecular weight is 376 g/mol. The molecule has 0 saturated carbocycles. The number of nitrogens with one attached hydrogen (secondary N) is 1. The Labute approximate surface area is 132 Å². The van der Waals surface area contributed by atoms with Crippen molar-refractivity contribution in [3.8, 4) is 0 Å². The number of likely N-dealkylation sites (tertiary alicyclic amines) is 1. The first-order valence-corrected chi connectivity index (χ1v) is 8.93. The lowest BCUT2D eigenvalue weighted by Crippen LogP contribution is -2.46. The zero-order valence-corrected chi connectivity index (χ0v) is 13.9. The summed E-state index contributed by atoms with van der Waals surface area (Å²) in [6.45, 7) is 1.54. The van der Waals surface area contributed by atoms with Crippen molar-refractivity contribution in [2.45, 2.75) is 23.8 Å². The van der Waals surface area contributed by atoms with Crippen LogP contribution in [0.15, 0.2) is 33.6 Å². The summed E-state index contributed by atoms with van der Waals surface area (Å²) in [5.74, 6) is -0.359. The number of halogens is 1. The number of rotatable bonds is 5. The molecule has 1 aromatic carbocycles. The number of benzene rings is 1. The van der Waals surface area contributed by atoms with E-state index in [-0.39, 0.29) is 23.4 Å². The van der Waals surface area contributed by atoms with Crippen molar-refractivity contribution in [2.24, 2.45) is 5.73 Å². The summed E-state index contributed by atoms with van der Waals surface area (Å²) in [7, 11) is -3.54. The zero-order chi connectivity index (χ0) is 15.5. The Morgan fingerprint density at radius 1 is 1.33 bits per heavy atom. The van der Waals surface area contributed by atoms with Crippen molar-refractivity contribution in [1.82, 2.24) is 9.62 Å². The number of amides is 1. The van der Waals surface area contributed by atoms with E-state index in [2.05, 4.69) is 20.7 Å². The molecule has 0 aliphatic carbocycles. The first kappa shape index (κ1) is 16.4. The highest BCUT2D eigenvalue weighted by atomic mass is 79.9. The molecule has 3 N–H and O–H groups in total. The molecular formula is C13H18BrN3O3S. The Bertz CT molecular complexity index is 613. The third-order valence-corrected chi connectivity index (χ3v) is 5.95. The van der Waals surface area contributed by atoms with Crippen molar-refractivity contribution in [3.05, 3.63) is 28.7 Å². The van der Waals surface area contributed by atoms with E-state index in [1.807, 2.05) is 4.90 Å². The largest absolute Gasteiger partial charge is 0.369 e. The lowest BCUT2D eigenvalue weighted by atomic mass is 10.1. The Morgan fingerprint density at radius 3 is 2.52 bits per heavy atom. The molecule has 21 heavy (non-hydrogen) atoms. The van der Waals surface area contributed by atoms with Gasteiger partial charge in [0, 0.05) is 23.6 Å². The van der Waals surface area contributed by atoms with Crippen LogP contribution in [0, 0.1) is 0 Å². The van der Waals surface area contributed by atoms with Crippen molar-refractivity contribution < 1.29 is 13.2 Å². The molecule has 1 aliphatic rings. The second-order valence-corrected chi connectivity index (χ2v) is 7.61. The molecule has 0 bridgehead atoms. The predicted molar refractivity (Wildman–Crippen MR) is 83.1 cm³/mol. The summed E-state index contributed by atoms with van der Waals surface area (Å²) in [6, 6.07) is 6.60. The Hall–Kier alpha value is -0.960. The van der Waals surface area contributed by atoms with E-state index in [4.69, 9.17) is 5.73 Å². The molecule has 2 rings (SSSR count). The van der Waals surface area contributed by atoms with Gasteiger partial charge in [-0.3, -0.25) is 9.69 Å². The van der Waals surface area contributed by atoms with E-state index in [0.717, 1.165) is 0 Å². The van der Waals surface area contributed by atoms with Gasteiger partial charge in [0.25, 0.3) is 0 Å². The number of piperidine rings is 1. The molecule has 1 saturated heterocycles. The monoisotopic (exact) mass is 375 g/mol. The van der Waals surface area contributed by atoms with Gasteiger partial charge in [-0.2, -0.15) is 0 Å². The van der Waals surface area contributed by atoms with Crippen LogP contribution in [-0.4, -0.2) is 44.9 Å². The highest BCUT2D eigenvalue weighted by Crippen LogP contribution is 2.22. The van der Waals surface area contributed by atoms with Gasteiger partial charge < -0.3 is 5.73 Å². The van der Waals surface area contributed by atoms with E-state index in [1.54, 1.807) is 24.3 Å². The van der Waals surface area contributed by atoms with Gasteiger partial charge in [-0.25, -0.2) is 13.1 Å². The molecule has 1 amide bonds. The maximum Gasteiger partial charge on any atom is 0.241 e. The topological polar surface area (TPSA) is 92.5 Å². The highest BCUT2D eigenvalue weighted by Gasteiger charge is 2.26. The predicted octanol–water partition coefficient (Wildman–Crippen LogP) is 0.677. The molecule has 0 spiro atoms.